The van der Waals surface area contributed by atoms with E-state index in [1.807, 2.05) is 25.2 Å². The van der Waals surface area contributed by atoms with Gasteiger partial charge in [0, 0.05) is 42.2 Å². The first-order chi connectivity index (χ1) is 18.0. The highest BCUT2D eigenvalue weighted by Crippen LogP contribution is 2.37. The van der Waals surface area contributed by atoms with Crippen LogP contribution in [0, 0.1) is 5.82 Å². The number of anilines is 2. The minimum Gasteiger partial charge on any atom is -0.468 e. The minimum atomic E-state index is -0.443. The van der Waals surface area contributed by atoms with Gasteiger partial charge in [-0.25, -0.2) is 14.1 Å². The van der Waals surface area contributed by atoms with E-state index in [1.165, 1.54) is 13.2 Å². The highest BCUT2D eigenvalue weighted by atomic mass is 19.1. The molecule has 1 aliphatic rings. The first-order valence-electron chi connectivity index (χ1n) is 12.3. The summed E-state index contributed by atoms with van der Waals surface area (Å²) in [6, 6.07) is 12.9. The molecule has 1 fully saturated rings. The molecule has 4 aromatic rings. The number of fused-ring (bicyclic) bond motifs is 1. The van der Waals surface area contributed by atoms with Crippen LogP contribution in [0.1, 0.15) is 31.4 Å². The van der Waals surface area contributed by atoms with Crippen LogP contribution in [-0.2, 0) is 15.1 Å². The zero-order valence-electron chi connectivity index (χ0n) is 20.9. The summed E-state index contributed by atoms with van der Waals surface area (Å²) in [7, 11) is 3.36. The third-order valence-corrected chi connectivity index (χ3v) is 7.09. The molecule has 0 aliphatic heterocycles. The maximum Gasteiger partial charge on any atom is 0.319 e. The van der Waals surface area contributed by atoms with Crippen molar-refractivity contribution in [3.05, 3.63) is 72.6 Å². The van der Waals surface area contributed by atoms with Crippen LogP contribution in [0.15, 0.2) is 61.1 Å². The van der Waals surface area contributed by atoms with Gasteiger partial charge in [0.25, 0.3) is 0 Å². The van der Waals surface area contributed by atoms with Crippen molar-refractivity contribution in [3.63, 3.8) is 0 Å². The van der Waals surface area contributed by atoms with E-state index in [-0.39, 0.29) is 12.5 Å². The standard InChI is InChI=1S/C27H30FN7O2/c1-29-19-8-10-27(11-9-19,31-17-26(36)37-2)24-7-4-18-16-30-25(15-23(18)33-24)34-22-6-5-20(14-21(22)28)35-13-3-12-32-35/h3-7,12-16,19,29,31H,8-11,17H2,1-2H3,(H,30,34). The van der Waals surface area contributed by atoms with E-state index < -0.39 is 11.4 Å². The number of hydrogen-bond donors (Lipinski definition) is 3. The molecule has 1 aromatic carbocycles. The summed E-state index contributed by atoms with van der Waals surface area (Å²) in [4.78, 5) is 21.3. The molecule has 1 saturated carbocycles. The van der Waals surface area contributed by atoms with Crippen molar-refractivity contribution in [2.75, 3.05) is 26.0 Å². The number of aromatic nitrogens is 4. The van der Waals surface area contributed by atoms with Gasteiger partial charge in [-0.3, -0.25) is 15.1 Å². The number of methoxy groups -OCH3 is 1. The smallest absolute Gasteiger partial charge is 0.319 e. The number of pyridine rings is 2. The fourth-order valence-electron chi connectivity index (χ4n) is 4.89. The van der Waals surface area contributed by atoms with Crippen LogP contribution >= 0.6 is 0 Å². The van der Waals surface area contributed by atoms with Crippen LogP contribution in [0.3, 0.4) is 0 Å². The van der Waals surface area contributed by atoms with Gasteiger partial charge in [0.15, 0.2) is 0 Å². The molecule has 3 aromatic heterocycles. The fraction of sp³-hybridized carbons (Fsp3) is 0.333. The van der Waals surface area contributed by atoms with Crippen molar-refractivity contribution in [2.45, 2.75) is 37.3 Å². The van der Waals surface area contributed by atoms with E-state index in [9.17, 15) is 9.18 Å². The molecule has 9 nitrogen and oxygen atoms in total. The van der Waals surface area contributed by atoms with Crippen LogP contribution in [-0.4, -0.2) is 52.5 Å². The molecule has 0 radical (unpaired) electrons. The number of nitrogens with one attached hydrogen (secondary N) is 3. The van der Waals surface area contributed by atoms with Crippen molar-refractivity contribution in [3.8, 4) is 5.69 Å². The molecule has 10 heteroatoms. The first kappa shape index (κ1) is 24.8. The van der Waals surface area contributed by atoms with Crippen molar-refractivity contribution in [1.82, 2.24) is 30.4 Å². The van der Waals surface area contributed by atoms with Crippen molar-refractivity contribution >= 4 is 28.4 Å². The maximum absolute atomic E-state index is 14.8. The maximum atomic E-state index is 14.8. The van der Waals surface area contributed by atoms with E-state index in [4.69, 9.17) is 9.72 Å². The molecule has 3 heterocycles. The third kappa shape index (κ3) is 5.30. The lowest BCUT2D eigenvalue weighted by Gasteiger charge is -2.40. The minimum absolute atomic E-state index is 0.109. The number of rotatable bonds is 8. The van der Waals surface area contributed by atoms with Crippen LogP contribution in [0.2, 0.25) is 0 Å². The first-order valence-corrected chi connectivity index (χ1v) is 12.3. The van der Waals surface area contributed by atoms with Crippen molar-refractivity contribution in [2.24, 2.45) is 0 Å². The summed E-state index contributed by atoms with van der Waals surface area (Å²) in [6.07, 6.45) is 8.70. The van der Waals surface area contributed by atoms with E-state index in [0.29, 0.717) is 23.2 Å². The molecule has 0 saturated heterocycles. The van der Waals surface area contributed by atoms with E-state index in [2.05, 4.69) is 26.0 Å². The lowest BCUT2D eigenvalue weighted by atomic mass is 9.76. The Kier molecular flexibility index (Phi) is 7.11. The largest absolute Gasteiger partial charge is 0.468 e. The Morgan fingerprint density at radius 3 is 2.76 bits per heavy atom. The Morgan fingerprint density at radius 2 is 2.05 bits per heavy atom. The van der Waals surface area contributed by atoms with Crippen molar-refractivity contribution in [1.29, 1.82) is 0 Å². The molecular weight excluding hydrogens is 473 g/mol. The van der Waals surface area contributed by atoms with Gasteiger partial charge in [-0.05, 0) is 63.1 Å². The molecule has 37 heavy (non-hydrogen) atoms. The van der Waals surface area contributed by atoms with Gasteiger partial charge in [-0.2, -0.15) is 5.10 Å². The second-order valence-corrected chi connectivity index (χ2v) is 9.27. The molecule has 0 bridgehead atoms. The predicted molar refractivity (Wildman–Crippen MR) is 139 cm³/mol. The van der Waals surface area contributed by atoms with Crippen LogP contribution in [0.4, 0.5) is 15.9 Å². The van der Waals surface area contributed by atoms with Gasteiger partial charge in [0.1, 0.15) is 11.6 Å². The molecule has 5 rings (SSSR count). The summed E-state index contributed by atoms with van der Waals surface area (Å²) in [5.41, 5.74) is 2.09. The van der Waals surface area contributed by atoms with Gasteiger partial charge in [0.2, 0.25) is 0 Å². The van der Waals surface area contributed by atoms with Crippen LogP contribution in [0.25, 0.3) is 16.6 Å². The number of hydrogen-bond acceptors (Lipinski definition) is 8. The molecule has 0 atom stereocenters. The number of halogens is 1. The Morgan fingerprint density at radius 1 is 1.22 bits per heavy atom. The van der Waals surface area contributed by atoms with Crippen molar-refractivity contribution < 1.29 is 13.9 Å². The average Bonchev–Trinajstić information content (AvgIpc) is 3.48. The molecular formula is C27H30FN7O2. The highest BCUT2D eigenvalue weighted by molar-refractivity contribution is 5.81. The van der Waals surface area contributed by atoms with Gasteiger partial charge in [-0.1, -0.05) is 0 Å². The Labute approximate surface area is 214 Å². The second kappa shape index (κ2) is 10.6. The number of carbonyl (C=O) groups excluding carboxylic acids is 1. The lowest BCUT2D eigenvalue weighted by Crippen LogP contribution is -2.50. The summed E-state index contributed by atoms with van der Waals surface area (Å²) in [6.45, 7) is 0.109. The molecule has 3 N–H and O–H groups in total. The van der Waals surface area contributed by atoms with E-state index in [1.54, 1.807) is 41.5 Å². The van der Waals surface area contributed by atoms with Crippen LogP contribution in [0.5, 0.6) is 0 Å². The number of benzene rings is 1. The molecule has 0 amide bonds. The topological polar surface area (TPSA) is 106 Å². The van der Waals surface area contributed by atoms with Gasteiger partial charge in [-0.15, -0.1) is 0 Å². The molecule has 1 aliphatic carbocycles. The average molecular weight is 504 g/mol. The molecule has 0 unspecified atom stereocenters. The zero-order chi connectivity index (χ0) is 25.8. The number of carbonyl (C=O) groups is 1. The Balaban J connectivity index is 1.42. The number of nitrogens with zero attached hydrogens (tertiary/aromatic N) is 4. The monoisotopic (exact) mass is 503 g/mol. The Hall–Kier alpha value is -3.89. The van der Waals surface area contributed by atoms with E-state index >= 15 is 0 Å². The quantitative estimate of drug-likeness (QED) is 0.312. The van der Waals surface area contributed by atoms with Gasteiger partial charge >= 0.3 is 5.97 Å². The predicted octanol–water partition coefficient (Wildman–Crippen LogP) is 3.82. The lowest BCUT2D eigenvalue weighted by molar-refractivity contribution is -0.140. The number of esters is 1. The SMILES string of the molecule is CNC1CCC(NCC(=O)OC)(c2ccc3cnc(Nc4ccc(-n5cccn5)cc4F)cc3n2)CC1. The second-order valence-electron chi connectivity index (χ2n) is 9.27. The van der Waals surface area contributed by atoms with Gasteiger partial charge < -0.3 is 15.4 Å². The van der Waals surface area contributed by atoms with Crippen LogP contribution < -0.4 is 16.0 Å². The molecule has 0 spiro atoms. The zero-order valence-corrected chi connectivity index (χ0v) is 20.9. The number of ether oxygens (including phenoxy) is 1. The Bertz CT molecular complexity index is 1390. The summed E-state index contributed by atoms with van der Waals surface area (Å²) < 4.78 is 21.3. The summed E-state index contributed by atoms with van der Waals surface area (Å²) in [5, 5.41) is 14.9. The normalized spacial score (nSPS) is 19.6. The van der Waals surface area contributed by atoms with Gasteiger partial charge in [0.05, 0.1) is 41.8 Å². The van der Waals surface area contributed by atoms with E-state index in [0.717, 1.165) is 42.3 Å². The third-order valence-electron chi connectivity index (χ3n) is 7.09. The fourth-order valence-corrected chi connectivity index (χ4v) is 4.89. The highest BCUT2D eigenvalue weighted by Gasteiger charge is 2.38. The summed E-state index contributed by atoms with van der Waals surface area (Å²) >= 11 is 0. The molecule has 192 valence electrons. The summed E-state index contributed by atoms with van der Waals surface area (Å²) in [5.74, 6) is -0.241.